The van der Waals surface area contributed by atoms with Gasteiger partial charge in [0.05, 0.1) is 13.2 Å². The maximum Gasteiger partial charge on any atom is 0.218 e. The molecule has 6 heteroatoms. The highest BCUT2D eigenvalue weighted by Crippen LogP contribution is 2.22. The Labute approximate surface area is 68.6 Å². The van der Waals surface area contributed by atoms with Crippen LogP contribution in [0.5, 0.6) is 0 Å². The third-order valence-corrected chi connectivity index (χ3v) is 1.91. The zero-order valence-corrected chi connectivity index (χ0v) is 6.29. The average Bonchev–Trinajstić information content (AvgIpc) is 2.09. The summed E-state index contributed by atoms with van der Waals surface area (Å²) in [6, 6.07) is 0. The molecule has 1 saturated heterocycles. The van der Waals surface area contributed by atoms with Gasteiger partial charge in [-0.3, -0.25) is 0 Å². The normalized spacial score (nSPS) is 49.2. The SMILES string of the molecule is O[13CH2][13C]1(O)OC[C@H](O)[C@H](O)[13C@H]1O. The van der Waals surface area contributed by atoms with E-state index in [4.69, 9.17) is 20.4 Å². The molecule has 1 aliphatic rings. The Hall–Kier alpha value is -0.240. The minimum absolute atomic E-state index is 0.324. The molecule has 1 aliphatic heterocycles. The molecule has 1 unspecified atom stereocenters. The molecule has 0 aromatic carbocycles. The largest absolute Gasteiger partial charge is 0.391 e. The lowest BCUT2D eigenvalue weighted by Crippen LogP contribution is -2.62. The van der Waals surface area contributed by atoms with Crippen molar-refractivity contribution in [3.8, 4) is 0 Å². The van der Waals surface area contributed by atoms with E-state index in [1.165, 1.54) is 0 Å². The second-order valence-corrected chi connectivity index (χ2v) is 2.82. The highest BCUT2D eigenvalue weighted by Gasteiger charge is 2.47. The number of hydrogen-bond donors (Lipinski definition) is 5. The fourth-order valence-corrected chi connectivity index (χ4v) is 1.03. The molecule has 5 N–H and O–H groups in total. The van der Waals surface area contributed by atoms with Crippen LogP contribution in [-0.2, 0) is 4.74 Å². The standard InChI is InChI=1S/C6H12O6/c7-2-6(11)5(10)4(9)3(8)1-12-6/h3-5,7-11H,1-2H2/t3-,4-,5+,6?/m0/s1/i2+1,5+1,6+1. The van der Waals surface area contributed by atoms with Crippen molar-refractivity contribution in [1.82, 2.24) is 0 Å². The van der Waals surface area contributed by atoms with Gasteiger partial charge in [0.1, 0.15) is 18.3 Å². The first-order chi connectivity index (χ1) is 5.51. The molecular weight excluding hydrogens is 171 g/mol. The van der Waals surface area contributed by atoms with Gasteiger partial charge < -0.3 is 30.3 Å². The van der Waals surface area contributed by atoms with Crippen LogP contribution in [0.25, 0.3) is 0 Å². The van der Waals surface area contributed by atoms with Gasteiger partial charge in [0, 0.05) is 0 Å². The fourth-order valence-electron chi connectivity index (χ4n) is 1.03. The van der Waals surface area contributed by atoms with Gasteiger partial charge in [-0.2, -0.15) is 0 Å². The summed E-state index contributed by atoms with van der Waals surface area (Å²) in [5.41, 5.74) is 0. The Bertz CT molecular complexity index is 162. The van der Waals surface area contributed by atoms with Crippen molar-refractivity contribution >= 4 is 0 Å². The highest BCUT2D eigenvalue weighted by molar-refractivity contribution is 4.90. The van der Waals surface area contributed by atoms with E-state index in [9.17, 15) is 5.11 Å². The molecule has 0 aromatic heterocycles. The monoisotopic (exact) mass is 183 g/mol. The van der Waals surface area contributed by atoms with Crippen LogP contribution in [-0.4, -0.2) is 62.8 Å². The molecule has 0 aliphatic carbocycles. The van der Waals surface area contributed by atoms with Crippen molar-refractivity contribution in [3.05, 3.63) is 0 Å². The molecule has 1 heterocycles. The molecule has 0 radical (unpaired) electrons. The van der Waals surface area contributed by atoms with Crippen LogP contribution in [0, 0.1) is 0 Å². The van der Waals surface area contributed by atoms with Crippen LogP contribution >= 0.6 is 0 Å². The molecule has 1 fully saturated rings. The predicted octanol–water partition coefficient (Wildman–Crippen LogP) is -3.22. The van der Waals surface area contributed by atoms with E-state index in [0.717, 1.165) is 0 Å². The molecule has 12 heavy (non-hydrogen) atoms. The van der Waals surface area contributed by atoms with Crippen molar-refractivity contribution in [2.24, 2.45) is 0 Å². The van der Waals surface area contributed by atoms with E-state index in [1.54, 1.807) is 0 Å². The third-order valence-electron chi connectivity index (χ3n) is 1.91. The predicted molar refractivity (Wildman–Crippen MR) is 36.0 cm³/mol. The summed E-state index contributed by atoms with van der Waals surface area (Å²) < 4.78 is 4.56. The Kier molecular flexibility index (Phi) is 2.67. The maximum absolute atomic E-state index is 9.24. The van der Waals surface area contributed by atoms with Crippen LogP contribution in [0.1, 0.15) is 0 Å². The van der Waals surface area contributed by atoms with Gasteiger partial charge in [-0.05, 0) is 0 Å². The van der Waals surface area contributed by atoms with Crippen molar-refractivity contribution in [2.45, 2.75) is 24.1 Å². The molecule has 0 spiro atoms. The Morgan fingerprint density at radius 2 is 1.92 bits per heavy atom. The van der Waals surface area contributed by atoms with Crippen molar-refractivity contribution in [2.75, 3.05) is 13.2 Å². The molecule has 6 nitrogen and oxygen atoms in total. The summed E-state index contributed by atoms with van der Waals surface area (Å²) in [6.07, 6.45) is -4.45. The molecule has 0 amide bonds. The van der Waals surface area contributed by atoms with Gasteiger partial charge >= 0.3 is 0 Å². The summed E-state index contributed by atoms with van der Waals surface area (Å²) in [5.74, 6) is -2.17. The quantitative estimate of drug-likeness (QED) is 0.273. The summed E-state index contributed by atoms with van der Waals surface area (Å²) in [4.78, 5) is 0. The maximum atomic E-state index is 9.24. The minimum Gasteiger partial charge on any atom is -0.391 e. The van der Waals surface area contributed by atoms with Gasteiger partial charge in [0.25, 0.3) is 0 Å². The van der Waals surface area contributed by atoms with Gasteiger partial charge in [0.15, 0.2) is 0 Å². The van der Waals surface area contributed by atoms with E-state index < -0.39 is 30.7 Å². The molecule has 0 bridgehead atoms. The van der Waals surface area contributed by atoms with Gasteiger partial charge in [-0.15, -0.1) is 0 Å². The Morgan fingerprint density at radius 1 is 1.33 bits per heavy atom. The summed E-state index contributed by atoms with van der Waals surface area (Å²) in [7, 11) is 0. The summed E-state index contributed by atoms with van der Waals surface area (Å²) in [6.45, 7) is -1.16. The summed E-state index contributed by atoms with van der Waals surface area (Å²) >= 11 is 0. The van der Waals surface area contributed by atoms with E-state index in [2.05, 4.69) is 4.74 Å². The fraction of sp³-hybridized carbons (Fsp3) is 1.00. The number of aliphatic hydroxyl groups is 5. The molecule has 4 atom stereocenters. The second-order valence-electron chi connectivity index (χ2n) is 2.82. The lowest BCUT2D eigenvalue weighted by molar-refractivity contribution is -0.331. The molecular formula is C6H12O6. The second kappa shape index (κ2) is 3.25. The zero-order valence-electron chi connectivity index (χ0n) is 6.29. The van der Waals surface area contributed by atoms with Crippen LogP contribution in [0.2, 0.25) is 0 Å². The summed E-state index contributed by atoms with van der Waals surface area (Å²) in [5, 5.41) is 45.0. The average molecular weight is 183 g/mol. The van der Waals surface area contributed by atoms with Crippen LogP contribution in [0.3, 0.4) is 0 Å². The van der Waals surface area contributed by atoms with Gasteiger partial charge in [-0.1, -0.05) is 0 Å². The number of aliphatic hydroxyl groups excluding tert-OH is 4. The van der Waals surface area contributed by atoms with E-state index in [1.807, 2.05) is 0 Å². The number of rotatable bonds is 1. The van der Waals surface area contributed by atoms with Crippen molar-refractivity contribution < 1.29 is 30.3 Å². The van der Waals surface area contributed by atoms with Gasteiger partial charge in [0.2, 0.25) is 5.79 Å². The van der Waals surface area contributed by atoms with Crippen molar-refractivity contribution in [1.29, 1.82) is 0 Å². The van der Waals surface area contributed by atoms with Crippen LogP contribution in [0.15, 0.2) is 0 Å². The van der Waals surface area contributed by atoms with Gasteiger partial charge in [-0.25, -0.2) is 0 Å². The van der Waals surface area contributed by atoms with E-state index >= 15 is 0 Å². The van der Waals surface area contributed by atoms with Crippen LogP contribution < -0.4 is 0 Å². The Balaban J connectivity index is 2.71. The first-order valence-electron chi connectivity index (χ1n) is 3.52. The molecule has 72 valence electrons. The Morgan fingerprint density at radius 3 is 2.42 bits per heavy atom. The molecule has 1 rings (SSSR count). The number of ether oxygens (including phenoxy) is 1. The lowest BCUT2D eigenvalue weighted by Gasteiger charge is -2.40. The topological polar surface area (TPSA) is 110 Å². The molecule has 0 saturated carbocycles. The third kappa shape index (κ3) is 1.45. The highest BCUT2D eigenvalue weighted by atomic mass is 16.8. The zero-order chi connectivity index (χ0) is 9.35. The van der Waals surface area contributed by atoms with Crippen LogP contribution in [0.4, 0.5) is 0 Å². The molecule has 0 aromatic rings. The van der Waals surface area contributed by atoms with E-state index in [0.29, 0.717) is 0 Å². The lowest BCUT2D eigenvalue weighted by atomic mass is 10.2. The van der Waals surface area contributed by atoms with E-state index in [-0.39, 0.29) is 6.61 Å². The smallest absolute Gasteiger partial charge is 0.218 e. The van der Waals surface area contributed by atoms with Crippen molar-refractivity contribution in [3.63, 3.8) is 0 Å². The first-order valence-corrected chi connectivity index (χ1v) is 3.52. The minimum atomic E-state index is -2.17. The first kappa shape index (κ1) is 9.85. The number of hydrogen-bond acceptors (Lipinski definition) is 6.